The van der Waals surface area contributed by atoms with Gasteiger partial charge in [-0.1, -0.05) is 18.2 Å². The molecular formula is C22H22N2O3S. The molecule has 1 saturated heterocycles. The number of amides is 1. The summed E-state index contributed by atoms with van der Waals surface area (Å²) in [5.74, 6) is 1.54. The number of benzene rings is 2. The highest BCUT2D eigenvalue weighted by Gasteiger charge is 2.30. The predicted octanol–water partition coefficient (Wildman–Crippen LogP) is 4.71. The van der Waals surface area contributed by atoms with Gasteiger partial charge in [-0.3, -0.25) is 4.79 Å². The fraction of sp³-hybridized carbons (Fsp3) is 0.273. The van der Waals surface area contributed by atoms with Crippen molar-refractivity contribution in [1.29, 1.82) is 0 Å². The van der Waals surface area contributed by atoms with Crippen molar-refractivity contribution in [3.63, 3.8) is 0 Å². The maximum Gasteiger partial charge on any atom is 0.254 e. The highest BCUT2D eigenvalue weighted by atomic mass is 32.1. The van der Waals surface area contributed by atoms with Gasteiger partial charge in [-0.2, -0.15) is 0 Å². The fourth-order valence-electron chi connectivity index (χ4n) is 3.53. The Bertz CT molecular complexity index is 925. The molecular weight excluding hydrogens is 372 g/mol. The molecule has 1 atom stereocenters. The van der Waals surface area contributed by atoms with Crippen molar-refractivity contribution >= 4 is 17.2 Å². The summed E-state index contributed by atoms with van der Waals surface area (Å²) in [6.45, 7) is 1.17. The van der Waals surface area contributed by atoms with Crippen LogP contribution in [0.25, 0.3) is 0 Å². The van der Waals surface area contributed by atoms with Crippen molar-refractivity contribution in [1.82, 2.24) is 9.88 Å². The number of hydrogen-bond donors (Lipinski definition) is 0. The van der Waals surface area contributed by atoms with E-state index in [1.54, 1.807) is 24.0 Å². The molecule has 3 aromatic rings. The largest absolute Gasteiger partial charge is 0.497 e. The number of likely N-dealkylation sites (tertiary alicyclic amines) is 1. The molecule has 6 heteroatoms. The molecule has 1 aromatic heterocycles. The molecule has 2 aromatic carbocycles. The lowest BCUT2D eigenvalue weighted by Crippen LogP contribution is -2.30. The second-order valence-electron chi connectivity index (χ2n) is 6.73. The SMILES string of the molecule is COc1ccc(C2CCCN2C(=O)c2cccc(OCc3cscn3)c2)cc1. The van der Waals surface area contributed by atoms with Crippen molar-refractivity contribution in [3.05, 3.63) is 76.2 Å². The Morgan fingerprint density at radius 1 is 1.21 bits per heavy atom. The Morgan fingerprint density at radius 3 is 2.82 bits per heavy atom. The first-order chi connectivity index (χ1) is 13.7. The molecule has 1 aliphatic rings. The van der Waals surface area contributed by atoms with Crippen LogP contribution in [0, 0.1) is 0 Å². The highest BCUT2D eigenvalue weighted by molar-refractivity contribution is 7.07. The zero-order chi connectivity index (χ0) is 19.3. The maximum absolute atomic E-state index is 13.2. The quantitative estimate of drug-likeness (QED) is 0.608. The smallest absolute Gasteiger partial charge is 0.254 e. The number of hydrogen-bond acceptors (Lipinski definition) is 5. The van der Waals surface area contributed by atoms with Crippen LogP contribution in [0.2, 0.25) is 0 Å². The predicted molar refractivity (Wildman–Crippen MR) is 109 cm³/mol. The maximum atomic E-state index is 13.2. The zero-order valence-corrected chi connectivity index (χ0v) is 16.5. The minimum Gasteiger partial charge on any atom is -0.497 e. The first-order valence-electron chi connectivity index (χ1n) is 9.29. The summed E-state index contributed by atoms with van der Waals surface area (Å²) >= 11 is 1.54. The van der Waals surface area contributed by atoms with E-state index < -0.39 is 0 Å². The Balaban J connectivity index is 1.48. The summed E-state index contributed by atoms with van der Waals surface area (Å²) in [5.41, 5.74) is 4.46. The summed E-state index contributed by atoms with van der Waals surface area (Å²) in [7, 11) is 1.66. The first-order valence-corrected chi connectivity index (χ1v) is 10.2. The third-order valence-electron chi connectivity index (χ3n) is 4.97. The van der Waals surface area contributed by atoms with Crippen LogP contribution in [-0.4, -0.2) is 29.4 Å². The van der Waals surface area contributed by atoms with E-state index in [-0.39, 0.29) is 11.9 Å². The van der Waals surface area contributed by atoms with Gasteiger partial charge in [0.1, 0.15) is 18.1 Å². The van der Waals surface area contributed by atoms with E-state index in [2.05, 4.69) is 4.98 Å². The van der Waals surface area contributed by atoms with E-state index in [1.807, 2.05) is 58.8 Å². The summed E-state index contributed by atoms with van der Waals surface area (Å²) in [6.07, 6.45) is 1.97. The van der Waals surface area contributed by atoms with Gasteiger partial charge in [-0.25, -0.2) is 4.98 Å². The minimum atomic E-state index is 0.0393. The van der Waals surface area contributed by atoms with Gasteiger partial charge in [0.25, 0.3) is 5.91 Å². The average Bonchev–Trinajstić information content (AvgIpc) is 3.44. The standard InChI is InChI=1S/C22H22N2O3S/c1-26-19-9-7-16(8-10-19)21-6-3-11-24(21)22(25)17-4-2-5-20(12-17)27-13-18-14-28-15-23-18/h2,4-5,7-10,12,14-15,21H,3,6,11,13H2,1H3. The number of rotatable bonds is 6. The molecule has 1 amide bonds. The van der Waals surface area contributed by atoms with Crippen molar-refractivity contribution in [3.8, 4) is 11.5 Å². The van der Waals surface area contributed by atoms with Gasteiger partial charge in [0.15, 0.2) is 0 Å². The van der Waals surface area contributed by atoms with E-state index >= 15 is 0 Å². The second-order valence-corrected chi connectivity index (χ2v) is 7.44. The monoisotopic (exact) mass is 394 g/mol. The molecule has 4 rings (SSSR count). The van der Waals surface area contributed by atoms with Crippen LogP contribution in [0.1, 0.15) is 40.5 Å². The van der Waals surface area contributed by atoms with Crippen LogP contribution in [-0.2, 0) is 6.61 Å². The van der Waals surface area contributed by atoms with E-state index in [9.17, 15) is 4.79 Å². The molecule has 2 heterocycles. The number of methoxy groups -OCH3 is 1. The third kappa shape index (κ3) is 4.02. The Labute approximate surface area is 168 Å². The summed E-state index contributed by atoms with van der Waals surface area (Å²) in [5, 5.41) is 1.96. The molecule has 0 saturated carbocycles. The number of aromatic nitrogens is 1. The lowest BCUT2D eigenvalue weighted by molar-refractivity contribution is 0.0735. The van der Waals surface area contributed by atoms with Gasteiger partial charge in [0.05, 0.1) is 24.4 Å². The van der Waals surface area contributed by atoms with Gasteiger partial charge in [0.2, 0.25) is 0 Å². The number of carbonyl (C=O) groups is 1. The van der Waals surface area contributed by atoms with Crippen LogP contribution in [0.15, 0.2) is 59.4 Å². The lowest BCUT2D eigenvalue weighted by Gasteiger charge is -2.25. The Hall–Kier alpha value is -2.86. The molecule has 1 aliphatic heterocycles. The molecule has 28 heavy (non-hydrogen) atoms. The van der Waals surface area contributed by atoms with Gasteiger partial charge in [-0.15, -0.1) is 11.3 Å². The average molecular weight is 394 g/mol. The highest BCUT2D eigenvalue weighted by Crippen LogP contribution is 2.34. The number of carbonyl (C=O) groups excluding carboxylic acids is 1. The first kappa shape index (κ1) is 18.5. The van der Waals surface area contributed by atoms with Crippen molar-refractivity contribution < 1.29 is 14.3 Å². The molecule has 0 bridgehead atoms. The number of ether oxygens (including phenoxy) is 2. The zero-order valence-electron chi connectivity index (χ0n) is 15.7. The molecule has 1 fully saturated rings. The molecule has 0 aliphatic carbocycles. The topological polar surface area (TPSA) is 51.7 Å². The van der Waals surface area contributed by atoms with Crippen LogP contribution in [0.5, 0.6) is 11.5 Å². The van der Waals surface area contributed by atoms with Crippen LogP contribution >= 0.6 is 11.3 Å². The van der Waals surface area contributed by atoms with Crippen molar-refractivity contribution in [2.45, 2.75) is 25.5 Å². The normalized spacial score (nSPS) is 16.2. The Kier molecular flexibility index (Phi) is 5.58. The molecule has 0 radical (unpaired) electrons. The summed E-state index contributed by atoms with van der Waals surface area (Å²) in [4.78, 5) is 19.4. The summed E-state index contributed by atoms with van der Waals surface area (Å²) < 4.78 is 11.0. The van der Waals surface area contributed by atoms with Crippen molar-refractivity contribution in [2.24, 2.45) is 0 Å². The molecule has 0 N–H and O–H groups in total. The number of nitrogens with zero attached hydrogens (tertiary/aromatic N) is 2. The van der Waals surface area contributed by atoms with E-state index in [4.69, 9.17) is 9.47 Å². The van der Waals surface area contributed by atoms with E-state index in [0.717, 1.165) is 36.4 Å². The second kappa shape index (κ2) is 8.44. The number of thiazole rings is 1. The van der Waals surface area contributed by atoms with Gasteiger partial charge < -0.3 is 14.4 Å². The van der Waals surface area contributed by atoms with Gasteiger partial charge in [0, 0.05) is 17.5 Å². The molecule has 1 unspecified atom stereocenters. The molecule has 0 spiro atoms. The third-order valence-corrected chi connectivity index (χ3v) is 5.60. The summed E-state index contributed by atoms with van der Waals surface area (Å²) in [6, 6.07) is 15.5. The molecule has 5 nitrogen and oxygen atoms in total. The fourth-order valence-corrected chi connectivity index (χ4v) is 4.08. The minimum absolute atomic E-state index is 0.0393. The van der Waals surface area contributed by atoms with Crippen molar-refractivity contribution in [2.75, 3.05) is 13.7 Å². The Morgan fingerprint density at radius 2 is 2.07 bits per heavy atom. The van der Waals surface area contributed by atoms with Crippen LogP contribution < -0.4 is 9.47 Å². The van der Waals surface area contributed by atoms with E-state index in [1.165, 1.54) is 0 Å². The van der Waals surface area contributed by atoms with Crippen LogP contribution in [0.4, 0.5) is 0 Å². The molecule has 144 valence electrons. The lowest BCUT2D eigenvalue weighted by atomic mass is 10.0. The van der Waals surface area contributed by atoms with E-state index in [0.29, 0.717) is 17.9 Å². The van der Waals surface area contributed by atoms with Gasteiger partial charge >= 0.3 is 0 Å². The van der Waals surface area contributed by atoms with Crippen LogP contribution in [0.3, 0.4) is 0 Å². The van der Waals surface area contributed by atoms with Gasteiger partial charge in [-0.05, 0) is 48.7 Å².